The molecule has 0 bridgehead atoms. The number of rotatable bonds is 5. The predicted octanol–water partition coefficient (Wildman–Crippen LogP) is 4.07. The van der Waals surface area contributed by atoms with Crippen LogP contribution in [0.1, 0.15) is 18.4 Å². The van der Waals surface area contributed by atoms with Crippen molar-refractivity contribution in [1.82, 2.24) is 4.90 Å². The van der Waals surface area contributed by atoms with E-state index in [-0.39, 0.29) is 5.43 Å². The molecule has 1 aromatic heterocycles. The molecule has 2 aromatic carbocycles. The molecule has 0 aliphatic carbocycles. The lowest BCUT2D eigenvalue weighted by atomic mass is 10.0. The van der Waals surface area contributed by atoms with E-state index in [2.05, 4.69) is 17.0 Å². The van der Waals surface area contributed by atoms with Gasteiger partial charge in [-0.25, -0.2) is 0 Å². The molecule has 0 radical (unpaired) electrons. The molecular weight excluding hydrogens is 342 g/mol. The molecule has 0 spiro atoms. The highest BCUT2D eigenvalue weighted by Crippen LogP contribution is 2.32. The molecule has 27 heavy (non-hydrogen) atoms. The predicted molar refractivity (Wildman–Crippen MR) is 106 cm³/mol. The van der Waals surface area contributed by atoms with Gasteiger partial charge in [-0.2, -0.15) is 0 Å². The van der Waals surface area contributed by atoms with Crippen molar-refractivity contribution in [2.45, 2.75) is 19.4 Å². The summed E-state index contributed by atoms with van der Waals surface area (Å²) < 4.78 is 16.4. The summed E-state index contributed by atoms with van der Waals surface area (Å²) in [5.74, 6) is 1.05. The molecule has 2 heterocycles. The topological polar surface area (TPSA) is 51.9 Å². The number of ether oxygens (including phenoxy) is 2. The highest BCUT2D eigenvalue weighted by molar-refractivity contribution is 5.84. The number of likely N-dealkylation sites (tertiary alicyclic amines) is 1. The van der Waals surface area contributed by atoms with Crippen LogP contribution in [0.4, 0.5) is 0 Å². The Hall–Kier alpha value is -2.79. The molecule has 5 nitrogen and oxygen atoms in total. The van der Waals surface area contributed by atoms with Gasteiger partial charge in [0.1, 0.15) is 11.8 Å². The summed E-state index contributed by atoms with van der Waals surface area (Å²) in [6.07, 6.45) is 4.06. The first-order chi connectivity index (χ1) is 13.2. The van der Waals surface area contributed by atoms with Gasteiger partial charge >= 0.3 is 0 Å². The van der Waals surface area contributed by atoms with E-state index in [0.29, 0.717) is 28.0 Å². The van der Waals surface area contributed by atoms with Crippen molar-refractivity contribution in [3.8, 4) is 22.6 Å². The lowest BCUT2D eigenvalue weighted by Crippen LogP contribution is -2.18. The Morgan fingerprint density at radius 3 is 2.52 bits per heavy atom. The second-order valence-electron chi connectivity index (χ2n) is 6.87. The molecule has 5 heteroatoms. The molecule has 0 saturated carbocycles. The summed E-state index contributed by atoms with van der Waals surface area (Å²) in [5.41, 5.74) is 3.04. The SMILES string of the molecule is COc1cc2occ(-c3cccc(CN4CCCC4)c3)c(=O)c2cc1OC. The maximum Gasteiger partial charge on any atom is 0.200 e. The van der Waals surface area contributed by atoms with Gasteiger partial charge in [0.25, 0.3) is 0 Å². The molecule has 1 aliphatic heterocycles. The summed E-state index contributed by atoms with van der Waals surface area (Å²) in [4.78, 5) is 15.5. The van der Waals surface area contributed by atoms with Crippen LogP contribution in [0.2, 0.25) is 0 Å². The van der Waals surface area contributed by atoms with E-state index in [4.69, 9.17) is 13.9 Å². The van der Waals surface area contributed by atoms with Gasteiger partial charge in [-0.3, -0.25) is 9.69 Å². The first-order valence-electron chi connectivity index (χ1n) is 9.19. The fourth-order valence-corrected chi connectivity index (χ4v) is 3.69. The van der Waals surface area contributed by atoms with Crippen molar-refractivity contribution < 1.29 is 13.9 Å². The molecule has 0 amide bonds. The molecule has 4 rings (SSSR count). The summed E-state index contributed by atoms with van der Waals surface area (Å²) in [6.45, 7) is 3.20. The van der Waals surface area contributed by atoms with Crippen LogP contribution in [0.5, 0.6) is 11.5 Å². The zero-order valence-corrected chi connectivity index (χ0v) is 15.7. The summed E-state index contributed by atoms with van der Waals surface area (Å²) >= 11 is 0. The zero-order chi connectivity index (χ0) is 18.8. The minimum Gasteiger partial charge on any atom is -0.493 e. The second-order valence-corrected chi connectivity index (χ2v) is 6.87. The number of hydrogen-bond acceptors (Lipinski definition) is 5. The maximum absolute atomic E-state index is 13.1. The van der Waals surface area contributed by atoms with Gasteiger partial charge < -0.3 is 13.9 Å². The Bertz CT molecular complexity index is 1020. The number of nitrogens with zero attached hydrogens (tertiary/aromatic N) is 1. The van der Waals surface area contributed by atoms with Crippen LogP contribution in [0.3, 0.4) is 0 Å². The Morgan fingerprint density at radius 2 is 1.78 bits per heavy atom. The van der Waals surface area contributed by atoms with Gasteiger partial charge in [0.15, 0.2) is 11.5 Å². The van der Waals surface area contributed by atoms with Gasteiger partial charge in [0.05, 0.1) is 25.2 Å². The second kappa shape index (κ2) is 7.45. The van der Waals surface area contributed by atoms with Crippen molar-refractivity contribution in [2.24, 2.45) is 0 Å². The monoisotopic (exact) mass is 365 g/mol. The Kier molecular flexibility index (Phi) is 4.86. The molecule has 0 atom stereocenters. The standard InChI is InChI=1S/C22H23NO4/c1-25-20-11-17-19(12-21(20)26-2)27-14-18(22(17)24)16-7-5-6-15(10-16)13-23-8-3-4-9-23/h5-7,10-12,14H,3-4,8-9,13H2,1-2H3. The smallest absolute Gasteiger partial charge is 0.200 e. The minimum atomic E-state index is -0.0736. The highest BCUT2D eigenvalue weighted by Gasteiger charge is 2.15. The van der Waals surface area contributed by atoms with Gasteiger partial charge in [-0.1, -0.05) is 18.2 Å². The number of methoxy groups -OCH3 is 2. The lowest BCUT2D eigenvalue weighted by molar-refractivity contribution is 0.331. The summed E-state index contributed by atoms with van der Waals surface area (Å²) in [5, 5.41) is 0.482. The van der Waals surface area contributed by atoms with Crippen LogP contribution < -0.4 is 14.9 Å². The van der Waals surface area contributed by atoms with E-state index in [1.807, 2.05) is 12.1 Å². The van der Waals surface area contributed by atoms with Crippen molar-refractivity contribution in [3.63, 3.8) is 0 Å². The van der Waals surface area contributed by atoms with E-state index < -0.39 is 0 Å². The van der Waals surface area contributed by atoms with Crippen molar-refractivity contribution >= 4 is 11.0 Å². The van der Waals surface area contributed by atoms with Gasteiger partial charge in [0, 0.05) is 12.6 Å². The molecule has 1 aliphatic rings. The third-order valence-corrected chi connectivity index (χ3v) is 5.12. The first-order valence-corrected chi connectivity index (χ1v) is 9.19. The average Bonchev–Trinajstić information content (AvgIpc) is 3.20. The molecule has 1 saturated heterocycles. The average molecular weight is 365 g/mol. The Balaban J connectivity index is 1.75. The lowest BCUT2D eigenvalue weighted by Gasteiger charge is -2.15. The normalized spacial score (nSPS) is 14.6. The van der Waals surface area contributed by atoms with Crippen molar-refractivity contribution in [2.75, 3.05) is 27.3 Å². The van der Waals surface area contributed by atoms with Crippen LogP contribution in [0.15, 0.2) is 51.9 Å². The highest BCUT2D eigenvalue weighted by atomic mass is 16.5. The molecular formula is C22H23NO4. The van der Waals surface area contributed by atoms with E-state index >= 15 is 0 Å². The quantitative estimate of drug-likeness (QED) is 0.682. The fourth-order valence-electron chi connectivity index (χ4n) is 3.69. The molecule has 0 unspecified atom stereocenters. The van der Waals surface area contributed by atoms with Gasteiger partial charge in [-0.15, -0.1) is 0 Å². The van der Waals surface area contributed by atoms with Crippen LogP contribution >= 0.6 is 0 Å². The summed E-state index contributed by atoms with van der Waals surface area (Å²) in [6, 6.07) is 11.5. The van der Waals surface area contributed by atoms with E-state index in [0.717, 1.165) is 25.2 Å². The number of benzene rings is 2. The fraction of sp³-hybridized carbons (Fsp3) is 0.318. The van der Waals surface area contributed by atoms with Gasteiger partial charge in [0.2, 0.25) is 5.43 Å². The number of fused-ring (bicyclic) bond motifs is 1. The van der Waals surface area contributed by atoms with Crippen molar-refractivity contribution in [3.05, 3.63) is 58.4 Å². The van der Waals surface area contributed by atoms with E-state index in [1.165, 1.54) is 24.7 Å². The third kappa shape index (κ3) is 3.43. The van der Waals surface area contributed by atoms with E-state index in [1.54, 1.807) is 26.4 Å². The first kappa shape index (κ1) is 17.6. The van der Waals surface area contributed by atoms with Crippen LogP contribution in [0, 0.1) is 0 Å². The van der Waals surface area contributed by atoms with E-state index in [9.17, 15) is 4.79 Å². The van der Waals surface area contributed by atoms with Gasteiger partial charge in [-0.05, 0) is 49.2 Å². The molecule has 0 N–H and O–H groups in total. The Labute approximate surface area is 158 Å². The Morgan fingerprint density at radius 1 is 1.04 bits per heavy atom. The minimum absolute atomic E-state index is 0.0736. The third-order valence-electron chi connectivity index (χ3n) is 5.12. The molecule has 3 aromatic rings. The number of hydrogen-bond donors (Lipinski definition) is 0. The van der Waals surface area contributed by atoms with Crippen molar-refractivity contribution in [1.29, 1.82) is 0 Å². The molecule has 1 fully saturated rings. The largest absolute Gasteiger partial charge is 0.493 e. The molecule has 140 valence electrons. The zero-order valence-electron chi connectivity index (χ0n) is 15.7. The van der Waals surface area contributed by atoms with Crippen LogP contribution in [-0.2, 0) is 6.54 Å². The maximum atomic E-state index is 13.1. The summed E-state index contributed by atoms with van der Waals surface area (Å²) in [7, 11) is 3.11. The van der Waals surface area contributed by atoms with Crippen LogP contribution in [0.25, 0.3) is 22.1 Å². The van der Waals surface area contributed by atoms with Crippen LogP contribution in [-0.4, -0.2) is 32.2 Å².